The van der Waals surface area contributed by atoms with Crippen LogP contribution in [0.4, 0.5) is 5.69 Å². The van der Waals surface area contributed by atoms with Crippen molar-refractivity contribution in [3.63, 3.8) is 0 Å². The minimum atomic E-state index is -3.42. The lowest BCUT2D eigenvalue weighted by Crippen LogP contribution is -2.50. The van der Waals surface area contributed by atoms with E-state index in [0.717, 1.165) is 43.0 Å². The van der Waals surface area contributed by atoms with Crippen LogP contribution in [0, 0.1) is 0 Å². The summed E-state index contributed by atoms with van der Waals surface area (Å²) in [6, 6.07) is 6.59. The number of nitrogens with one attached hydrogen (secondary N) is 1. The van der Waals surface area contributed by atoms with E-state index in [2.05, 4.69) is 5.32 Å². The Bertz CT molecular complexity index is 836. The molecule has 9 heteroatoms. The fourth-order valence-electron chi connectivity index (χ4n) is 3.91. The summed E-state index contributed by atoms with van der Waals surface area (Å²) in [5, 5.41) is 2.86. The first-order valence-electron chi connectivity index (χ1n) is 10.7. The van der Waals surface area contributed by atoms with E-state index < -0.39 is 16.1 Å². The van der Waals surface area contributed by atoms with E-state index in [1.807, 2.05) is 35.7 Å². The lowest BCUT2D eigenvalue weighted by molar-refractivity contribution is -0.130. The van der Waals surface area contributed by atoms with Gasteiger partial charge in [0, 0.05) is 36.8 Å². The minimum absolute atomic E-state index is 0.0647. The molecular formula is C21H31N3O4S2. The molecule has 3 rings (SSSR count). The molecule has 0 saturated carbocycles. The van der Waals surface area contributed by atoms with Crippen molar-refractivity contribution in [2.24, 2.45) is 0 Å². The Labute approximate surface area is 183 Å². The number of nitrogens with zero attached hydrogens (tertiary/aromatic N) is 2. The van der Waals surface area contributed by atoms with Crippen molar-refractivity contribution in [2.45, 2.75) is 45.1 Å². The summed E-state index contributed by atoms with van der Waals surface area (Å²) in [7, 11) is -3.42. The maximum absolute atomic E-state index is 12.8. The van der Waals surface area contributed by atoms with Gasteiger partial charge in [0.05, 0.1) is 12.2 Å². The van der Waals surface area contributed by atoms with Crippen molar-refractivity contribution >= 4 is 39.3 Å². The van der Waals surface area contributed by atoms with Crippen LogP contribution in [0.3, 0.4) is 0 Å². The van der Waals surface area contributed by atoms with Gasteiger partial charge >= 0.3 is 0 Å². The van der Waals surface area contributed by atoms with Gasteiger partial charge in [-0.2, -0.15) is 16.1 Å². The largest absolute Gasteiger partial charge is 0.341 e. The van der Waals surface area contributed by atoms with Gasteiger partial charge in [-0.05, 0) is 37.0 Å². The first-order chi connectivity index (χ1) is 14.4. The summed E-state index contributed by atoms with van der Waals surface area (Å²) in [5.74, 6) is 1.89. The van der Waals surface area contributed by atoms with Crippen LogP contribution in [-0.2, 0) is 26.0 Å². The first kappa shape index (κ1) is 23.1. The molecule has 2 aliphatic rings. The van der Waals surface area contributed by atoms with E-state index in [9.17, 15) is 18.0 Å². The van der Waals surface area contributed by atoms with Gasteiger partial charge in [-0.25, -0.2) is 8.42 Å². The molecular weight excluding hydrogens is 422 g/mol. The van der Waals surface area contributed by atoms with Crippen molar-refractivity contribution < 1.29 is 18.0 Å². The monoisotopic (exact) mass is 453 g/mol. The number of rotatable bonds is 7. The number of sulfonamides is 1. The Morgan fingerprint density at radius 3 is 2.47 bits per heavy atom. The summed E-state index contributed by atoms with van der Waals surface area (Å²) in [5.41, 5.74) is 1.52. The number of hydrogen-bond donors (Lipinski definition) is 1. The van der Waals surface area contributed by atoms with Gasteiger partial charge in [0.15, 0.2) is 0 Å². The van der Waals surface area contributed by atoms with Gasteiger partial charge in [0.25, 0.3) is 0 Å². The molecule has 0 spiro atoms. The molecule has 2 saturated heterocycles. The molecule has 2 heterocycles. The van der Waals surface area contributed by atoms with Gasteiger partial charge in [-0.1, -0.05) is 25.5 Å². The van der Waals surface area contributed by atoms with Gasteiger partial charge in [-0.15, -0.1) is 0 Å². The normalized spacial score (nSPS) is 20.7. The molecule has 0 aliphatic carbocycles. The van der Waals surface area contributed by atoms with Crippen LogP contribution in [0.1, 0.15) is 38.2 Å². The highest BCUT2D eigenvalue weighted by Crippen LogP contribution is 2.23. The summed E-state index contributed by atoms with van der Waals surface area (Å²) in [4.78, 5) is 27.1. The lowest BCUT2D eigenvalue weighted by Gasteiger charge is -2.33. The SMILES string of the molecule is CCCS(=O)(=O)N1CCCCC1C(=O)Nc1ccc(CC(=O)N2CCSCC2)cc1. The van der Waals surface area contributed by atoms with Crippen LogP contribution < -0.4 is 5.32 Å². The number of thioether (sulfide) groups is 1. The summed E-state index contributed by atoms with van der Waals surface area (Å²) >= 11 is 1.87. The van der Waals surface area contributed by atoms with Crippen molar-refractivity contribution in [3.05, 3.63) is 29.8 Å². The number of amides is 2. The molecule has 2 amide bonds. The molecule has 166 valence electrons. The third-order valence-electron chi connectivity index (χ3n) is 5.52. The number of carbonyl (C=O) groups is 2. The third kappa shape index (κ3) is 5.98. The summed E-state index contributed by atoms with van der Waals surface area (Å²) in [6.45, 7) is 3.83. The Kier molecular flexibility index (Phi) is 8.19. The van der Waals surface area contributed by atoms with Crippen LogP contribution >= 0.6 is 11.8 Å². The van der Waals surface area contributed by atoms with Gasteiger partial charge < -0.3 is 10.2 Å². The zero-order valence-electron chi connectivity index (χ0n) is 17.5. The number of anilines is 1. The Hall–Kier alpha value is -1.58. The molecule has 0 aromatic heterocycles. The molecule has 1 N–H and O–H groups in total. The molecule has 2 aliphatic heterocycles. The number of piperidine rings is 1. The molecule has 0 radical (unpaired) electrons. The third-order valence-corrected chi connectivity index (χ3v) is 8.53. The molecule has 1 aromatic rings. The molecule has 1 aromatic carbocycles. The van der Waals surface area contributed by atoms with Crippen LogP contribution in [0.15, 0.2) is 24.3 Å². The highest BCUT2D eigenvalue weighted by molar-refractivity contribution is 7.99. The molecule has 1 unspecified atom stereocenters. The second-order valence-electron chi connectivity index (χ2n) is 7.79. The zero-order chi connectivity index (χ0) is 21.6. The molecule has 7 nitrogen and oxygen atoms in total. The quantitative estimate of drug-likeness (QED) is 0.685. The van der Waals surface area contributed by atoms with E-state index in [0.29, 0.717) is 31.5 Å². The smallest absolute Gasteiger partial charge is 0.242 e. The van der Waals surface area contributed by atoms with Crippen LogP contribution in [0.5, 0.6) is 0 Å². The Morgan fingerprint density at radius 2 is 1.80 bits per heavy atom. The molecule has 0 bridgehead atoms. The highest BCUT2D eigenvalue weighted by atomic mass is 32.2. The maximum Gasteiger partial charge on any atom is 0.242 e. The highest BCUT2D eigenvalue weighted by Gasteiger charge is 2.36. The number of benzene rings is 1. The van der Waals surface area contributed by atoms with E-state index in [1.54, 1.807) is 12.1 Å². The average Bonchev–Trinajstić information content (AvgIpc) is 2.75. The van der Waals surface area contributed by atoms with Crippen molar-refractivity contribution in [1.29, 1.82) is 0 Å². The fraction of sp³-hybridized carbons (Fsp3) is 0.619. The van der Waals surface area contributed by atoms with E-state index >= 15 is 0 Å². The van der Waals surface area contributed by atoms with Crippen LogP contribution in [0.25, 0.3) is 0 Å². The topological polar surface area (TPSA) is 86.8 Å². The predicted octanol–water partition coefficient (Wildman–Crippen LogP) is 2.34. The molecule has 30 heavy (non-hydrogen) atoms. The maximum atomic E-state index is 12.8. The second kappa shape index (κ2) is 10.6. The van der Waals surface area contributed by atoms with Crippen LogP contribution in [-0.4, -0.2) is 72.4 Å². The van der Waals surface area contributed by atoms with Gasteiger partial charge in [-0.3, -0.25) is 9.59 Å². The number of hydrogen-bond acceptors (Lipinski definition) is 5. The van der Waals surface area contributed by atoms with Gasteiger partial charge in [0.2, 0.25) is 21.8 Å². The Balaban J connectivity index is 1.60. The second-order valence-corrected chi connectivity index (χ2v) is 11.1. The fourth-order valence-corrected chi connectivity index (χ4v) is 6.56. The average molecular weight is 454 g/mol. The number of carbonyl (C=O) groups excluding carboxylic acids is 2. The van der Waals surface area contributed by atoms with Crippen molar-refractivity contribution in [2.75, 3.05) is 42.2 Å². The molecule has 1 atom stereocenters. The Morgan fingerprint density at radius 1 is 1.10 bits per heavy atom. The predicted molar refractivity (Wildman–Crippen MR) is 121 cm³/mol. The van der Waals surface area contributed by atoms with E-state index in [1.165, 1.54) is 4.31 Å². The van der Waals surface area contributed by atoms with Crippen molar-refractivity contribution in [3.8, 4) is 0 Å². The van der Waals surface area contributed by atoms with E-state index in [4.69, 9.17) is 0 Å². The van der Waals surface area contributed by atoms with Gasteiger partial charge in [0.1, 0.15) is 6.04 Å². The minimum Gasteiger partial charge on any atom is -0.341 e. The summed E-state index contributed by atoms with van der Waals surface area (Å²) in [6.07, 6.45) is 3.04. The standard InChI is InChI=1S/C21H31N3O4S2/c1-2-15-30(27,28)24-10-4-3-5-19(24)21(26)22-18-8-6-17(7-9-18)16-20(25)23-11-13-29-14-12-23/h6-9,19H,2-5,10-16H2,1H3,(H,22,26). The lowest BCUT2D eigenvalue weighted by atomic mass is 10.0. The van der Waals surface area contributed by atoms with Crippen LogP contribution in [0.2, 0.25) is 0 Å². The van der Waals surface area contributed by atoms with Crippen molar-refractivity contribution in [1.82, 2.24) is 9.21 Å². The zero-order valence-corrected chi connectivity index (χ0v) is 19.1. The molecule has 2 fully saturated rings. The van der Waals surface area contributed by atoms with E-state index in [-0.39, 0.29) is 17.6 Å². The first-order valence-corrected chi connectivity index (χ1v) is 13.4. The summed E-state index contributed by atoms with van der Waals surface area (Å²) < 4.78 is 26.5.